The molecule has 3 heterocycles. The van der Waals surface area contributed by atoms with E-state index in [4.69, 9.17) is 0 Å². The first-order chi connectivity index (χ1) is 15.5. The maximum atomic E-state index is 13.2. The first-order valence-corrected chi connectivity index (χ1v) is 13.9. The SMILES string of the molecule is CC1CCN(C(CNC(=O)c2sccc2S(=O)(=O)N2CCCCC2)c2ccccc2)CC1. The molecule has 2 aromatic rings. The molecule has 0 radical (unpaired) electrons. The van der Waals surface area contributed by atoms with Gasteiger partial charge in [-0.1, -0.05) is 43.7 Å². The van der Waals surface area contributed by atoms with E-state index in [1.54, 1.807) is 11.4 Å². The molecule has 0 spiro atoms. The van der Waals surface area contributed by atoms with Crippen LogP contribution in [-0.2, 0) is 10.0 Å². The Balaban J connectivity index is 1.49. The fraction of sp³-hybridized carbons (Fsp3) is 0.542. The summed E-state index contributed by atoms with van der Waals surface area (Å²) in [6, 6.07) is 11.9. The van der Waals surface area contributed by atoms with Crippen molar-refractivity contribution in [3.05, 3.63) is 52.2 Å². The highest BCUT2D eigenvalue weighted by Gasteiger charge is 2.32. The molecule has 1 unspecified atom stereocenters. The van der Waals surface area contributed by atoms with E-state index in [0.717, 1.165) is 51.1 Å². The van der Waals surface area contributed by atoms with Gasteiger partial charge in [0.15, 0.2) is 0 Å². The third-order valence-corrected chi connectivity index (χ3v) is 9.65. The average Bonchev–Trinajstić information content (AvgIpc) is 3.33. The summed E-state index contributed by atoms with van der Waals surface area (Å²) < 4.78 is 27.8. The Kier molecular flexibility index (Phi) is 7.66. The van der Waals surface area contributed by atoms with Gasteiger partial charge in [-0.05, 0) is 61.7 Å². The summed E-state index contributed by atoms with van der Waals surface area (Å²) in [7, 11) is -3.64. The standard InChI is InChI=1S/C24H33N3O3S2/c1-19-10-15-26(16-11-19)21(20-8-4-2-5-9-20)18-25-24(28)23-22(12-17-31-23)32(29,30)27-13-6-3-7-14-27/h2,4-5,8-9,12,17,19,21H,3,6-7,10-11,13-16,18H2,1H3,(H,25,28). The molecule has 1 atom stereocenters. The van der Waals surface area contributed by atoms with Crippen LogP contribution in [0.4, 0.5) is 0 Å². The Bertz CT molecular complexity index is 993. The van der Waals surface area contributed by atoms with E-state index in [2.05, 4.69) is 29.3 Å². The van der Waals surface area contributed by atoms with Crippen LogP contribution in [0, 0.1) is 5.92 Å². The number of hydrogen-bond acceptors (Lipinski definition) is 5. The number of likely N-dealkylation sites (tertiary alicyclic amines) is 1. The maximum absolute atomic E-state index is 13.2. The van der Waals surface area contributed by atoms with E-state index in [1.807, 2.05) is 18.2 Å². The first kappa shape index (κ1) is 23.4. The molecule has 1 N–H and O–H groups in total. The zero-order valence-electron chi connectivity index (χ0n) is 18.7. The lowest BCUT2D eigenvalue weighted by atomic mass is 9.95. The summed E-state index contributed by atoms with van der Waals surface area (Å²) in [6.45, 7) is 5.82. The van der Waals surface area contributed by atoms with Crippen molar-refractivity contribution in [2.24, 2.45) is 5.92 Å². The number of thiophene rings is 1. The Morgan fingerprint density at radius 3 is 2.44 bits per heavy atom. The van der Waals surface area contributed by atoms with Gasteiger partial charge < -0.3 is 5.32 Å². The molecule has 0 bridgehead atoms. The minimum absolute atomic E-state index is 0.0785. The van der Waals surface area contributed by atoms with Gasteiger partial charge in [-0.3, -0.25) is 9.69 Å². The summed E-state index contributed by atoms with van der Waals surface area (Å²) in [6.07, 6.45) is 5.11. The zero-order chi connectivity index (χ0) is 22.6. The molecule has 2 aliphatic rings. The van der Waals surface area contributed by atoms with Gasteiger partial charge in [0.1, 0.15) is 9.77 Å². The summed E-state index contributed by atoms with van der Waals surface area (Å²) in [5.41, 5.74) is 1.18. The van der Waals surface area contributed by atoms with Gasteiger partial charge in [-0.25, -0.2) is 8.42 Å². The van der Waals surface area contributed by atoms with Crippen molar-refractivity contribution in [2.75, 3.05) is 32.7 Å². The van der Waals surface area contributed by atoms with Crippen LogP contribution in [0.15, 0.2) is 46.7 Å². The number of sulfonamides is 1. The quantitative estimate of drug-likeness (QED) is 0.654. The topological polar surface area (TPSA) is 69.7 Å². The van der Waals surface area contributed by atoms with Crippen LogP contribution in [0.1, 0.15) is 60.3 Å². The molecule has 0 aliphatic carbocycles. The second-order valence-electron chi connectivity index (χ2n) is 8.93. The van der Waals surface area contributed by atoms with Gasteiger partial charge in [0.25, 0.3) is 5.91 Å². The molecule has 32 heavy (non-hydrogen) atoms. The molecule has 4 rings (SSSR count). The van der Waals surface area contributed by atoms with Crippen LogP contribution in [0.5, 0.6) is 0 Å². The van der Waals surface area contributed by atoms with Crippen LogP contribution in [0.25, 0.3) is 0 Å². The lowest BCUT2D eigenvalue weighted by Gasteiger charge is -2.37. The highest BCUT2D eigenvalue weighted by Crippen LogP contribution is 2.29. The minimum atomic E-state index is -3.64. The highest BCUT2D eigenvalue weighted by atomic mass is 32.2. The van der Waals surface area contributed by atoms with Crippen LogP contribution < -0.4 is 5.32 Å². The zero-order valence-corrected chi connectivity index (χ0v) is 20.3. The van der Waals surface area contributed by atoms with Crippen LogP contribution in [-0.4, -0.2) is 56.3 Å². The molecule has 2 saturated heterocycles. The highest BCUT2D eigenvalue weighted by molar-refractivity contribution is 7.89. The van der Waals surface area contributed by atoms with Crippen molar-refractivity contribution in [3.8, 4) is 0 Å². The summed E-state index contributed by atoms with van der Waals surface area (Å²) in [5, 5.41) is 4.76. The predicted molar refractivity (Wildman–Crippen MR) is 128 cm³/mol. The second kappa shape index (κ2) is 10.5. The number of amides is 1. The summed E-state index contributed by atoms with van der Waals surface area (Å²) >= 11 is 1.20. The van der Waals surface area contributed by atoms with E-state index in [-0.39, 0.29) is 21.7 Å². The Hall–Kier alpha value is -1.74. The molecule has 1 aromatic carbocycles. The predicted octanol–water partition coefficient (Wildman–Crippen LogP) is 4.13. The van der Waals surface area contributed by atoms with Crippen molar-refractivity contribution >= 4 is 27.3 Å². The molecule has 174 valence electrons. The second-order valence-corrected chi connectivity index (χ2v) is 11.8. The van der Waals surface area contributed by atoms with E-state index < -0.39 is 10.0 Å². The van der Waals surface area contributed by atoms with Crippen LogP contribution in [0.2, 0.25) is 0 Å². The fourth-order valence-electron chi connectivity index (χ4n) is 4.65. The van der Waals surface area contributed by atoms with Gasteiger partial charge in [0.2, 0.25) is 10.0 Å². The normalized spacial score (nSPS) is 20.2. The minimum Gasteiger partial charge on any atom is -0.349 e. The Morgan fingerprint density at radius 2 is 1.75 bits per heavy atom. The number of benzene rings is 1. The van der Waals surface area contributed by atoms with Gasteiger partial charge in [0.05, 0.1) is 6.04 Å². The van der Waals surface area contributed by atoms with Crippen molar-refractivity contribution in [1.29, 1.82) is 0 Å². The average molecular weight is 476 g/mol. The van der Waals surface area contributed by atoms with Crippen LogP contribution in [0.3, 0.4) is 0 Å². The van der Waals surface area contributed by atoms with E-state index >= 15 is 0 Å². The number of carbonyl (C=O) groups excluding carboxylic acids is 1. The Labute approximate surface area is 195 Å². The smallest absolute Gasteiger partial charge is 0.262 e. The van der Waals surface area contributed by atoms with Gasteiger partial charge >= 0.3 is 0 Å². The van der Waals surface area contributed by atoms with Crippen molar-refractivity contribution < 1.29 is 13.2 Å². The van der Waals surface area contributed by atoms with Crippen molar-refractivity contribution in [1.82, 2.24) is 14.5 Å². The van der Waals surface area contributed by atoms with E-state index in [9.17, 15) is 13.2 Å². The lowest BCUT2D eigenvalue weighted by molar-refractivity contribution is 0.0914. The van der Waals surface area contributed by atoms with Gasteiger partial charge in [-0.15, -0.1) is 11.3 Å². The number of hydrogen-bond donors (Lipinski definition) is 1. The number of carbonyl (C=O) groups is 1. The van der Waals surface area contributed by atoms with Crippen molar-refractivity contribution in [3.63, 3.8) is 0 Å². The molecular weight excluding hydrogens is 442 g/mol. The van der Waals surface area contributed by atoms with E-state index in [0.29, 0.717) is 19.6 Å². The first-order valence-electron chi connectivity index (χ1n) is 11.6. The molecule has 1 amide bonds. The third-order valence-electron chi connectivity index (χ3n) is 6.67. The fourth-order valence-corrected chi connectivity index (χ4v) is 7.49. The number of nitrogens with one attached hydrogen (secondary N) is 1. The largest absolute Gasteiger partial charge is 0.349 e. The van der Waals surface area contributed by atoms with Gasteiger partial charge in [-0.2, -0.15) is 4.31 Å². The molecule has 1 aromatic heterocycles. The molecule has 0 saturated carbocycles. The number of rotatable bonds is 7. The number of nitrogens with zero attached hydrogens (tertiary/aromatic N) is 2. The molecule has 8 heteroatoms. The lowest BCUT2D eigenvalue weighted by Crippen LogP contribution is -2.42. The van der Waals surface area contributed by atoms with Gasteiger partial charge in [0, 0.05) is 19.6 Å². The molecular formula is C24H33N3O3S2. The molecule has 2 fully saturated rings. The van der Waals surface area contributed by atoms with E-state index in [1.165, 1.54) is 21.2 Å². The molecule has 2 aliphatic heterocycles. The third kappa shape index (κ3) is 5.25. The molecule has 6 nitrogen and oxygen atoms in total. The summed E-state index contributed by atoms with van der Waals surface area (Å²) in [5.74, 6) is 0.424. The summed E-state index contributed by atoms with van der Waals surface area (Å²) in [4.78, 5) is 16.0. The Morgan fingerprint density at radius 1 is 1.06 bits per heavy atom. The maximum Gasteiger partial charge on any atom is 0.262 e. The monoisotopic (exact) mass is 475 g/mol. The van der Waals surface area contributed by atoms with Crippen molar-refractivity contribution in [2.45, 2.75) is 50.0 Å². The number of piperidine rings is 2. The van der Waals surface area contributed by atoms with Crippen LogP contribution >= 0.6 is 11.3 Å².